The zero-order valence-electron chi connectivity index (χ0n) is 12.9. The fourth-order valence-electron chi connectivity index (χ4n) is 2.15. The molecule has 0 fully saturated rings. The van der Waals surface area contributed by atoms with Crippen LogP contribution in [0.5, 0.6) is 0 Å². The van der Waals surface area contributed by atoms with Crippen molar-refractivity contribution < 1.29 is 8.42 Å². The molecule has 1 aromatic heterocycles. The van der Waals surface area contributed by atoms with Crippen LogP contribution in [0.2, 0.25) is 0 Å². The maximum atomic E-state index is 12.7. The summed E-state index contributed by atoms with van der Waals surface area (Å²) in [5.74, 6) is 0. The normalized spacial score (nSPS) is 11.8. The molecule has 0 unspecified atom stereocenters. The SMILES string of the molecule is C=CCN(CC=C)S(=O)(=O)c1cc(CNC)n(CCC)c1. The lowest BCUT2D eigenvalue weighted by Crippen LogP contribution is -2.31. The van der Waals surface area contributed by atoms with Gasteiger partial charge in [-0.1, -0.05) is 19.1 Å². The minimum Gasteiger partial charge on any atom is -0.349 e. The van der Waals surface area contributed by atoms with E-state index >= 15 is 0 Å². The van der Waals surface area contributed by atoms with Crippen LogP contribution in [0.25, 0.3) is 0 Å². The Hall–Kier alpha value is -1.37. The lowest BCUT2D eigenvalue weighted by atomic mass is 10.4. The Balaban J connectivity index is 3.19. The van der Waals surface area contributed by atoms with Crippen LogP contribution in [0.4, 0.5) is 0 Å². The van der Waals surface area contributed by atoms with Gasteiger partial charge in [-0.3, -0.25) is 0 Å². The van der Waals surface area contributed by atoms with E-state index in [9.17, 15) is 8.42 Å². The predicted molar refractivity (Wildman–Crippen MR) is 86.6 cm³/mol. The van der Waals surface area contributed by atoms with Crippen LogP contribution in [-0.2, 0) is 23.1 Å². The van der Waals surface area contributed by atoms with Crippen molar-refractivity contribution in [2.24, 2.45) is 0 Å². The van der Waals surface area contributed by atoms with Gasteiger partial charge in [0.05, 0.1) is 0 Å². The van der Waals surface area contributed by atoms with Gasteiger partial charge in [0.25, 0.3) is 0 Å². The number of aromatic nitrogens is 1. The first-order valence-corrected chi connectivity index (χ1v) is 8.50. The second kappa shape index (κ2) is 8.17. The van der Waals surface area contributed by atoms with Gasteiger partial charge in [-0.25, -0.2) is 8.42 Å². The fourth-order valence-corrected chi connectivity index (χ4v) is 3.60. The predicted octanol–water partition coefficient (Wildman–Crippen LogP) is 1.98. The van der Waals surface area contributed by atoms with E-state index in [1.165, 1.54) is 4.31 Å². The van der Waals surface area contributed by atoms with E-state index in [4.69, 9.17) is 0 Å². The number of sulfonamides is 1. The molecule has 1 N–H and O–H groups in total. The monoisotopic (exact) mass is 311 g/mol. The quantitative estimate of drug-likeness (QED) is 0.672. The van der Waals surface area contributed by atoms with Gasteiger partial charge in [-0.2, -0.15) is 4.31 Å². The first-order valence-electron chi connectivity index (χ1n) is 7.06. The molecule has 0 aliphatic rings. The average molecular weight is 311 g/mol. The van der Waals surface area contributed by atoms with Gasteiger partial charge >= 0.3 is 0 Å². The number of nitrogens with one attached hydrogen (secondary N) is 1. The Morgan fingerprint density at radius 1 is 1.33 bits per heavy atom. The molecule has 0 amide bonds. The Morgan fingerprint density at radius 3 is 2.43 bits per heavy atom. The Kier molecular flexibility index (Phi) is 6.87. The van der Waals surface area contributed by atoms with E-state index in [0.29, 0.717) is 11.4 Å². The third-order valence-corrected chi connectivity index (χ3v) is 4.88. The Bertz CT molecular complexity index is 542. The van der Waals surface area contributed by atoms with Crippen LogP contribution in [0.3, 0.4) is 0 Å². The lowest BCUT2D eigenvalue weighted by molar-refractivity contribution is 0.474. The summed E-state index contributed by atoms with van der Waals surface area (Å²) < 4.78 is 28.7. The van der Waals surface area contributed by atoms with Crippen LogP contribution in [0.15, 0.2) is 42.5 Å². The second-order valence-corrected chi connectivity index (χ2v) is 6.73. The third kappa shape index (κ3) is 4.30. The highest BCUT2D eigenvalue weighted by Gasteiger charge is 2.24. The van der Waals surface area contributed by atoms with Gasteiger partial charge in [0, 0.05) is 38.1 Å². The minimum absolute atomic E-state index is 0.272. The molecule has 118 valence electrons. The van der Waals surface area contributed by atoms with Gasteiger partial charge < -0.3 is 9.88 Å². The zero-order valence-corrected chi connectivity index (χ0v) is 13.7. The molecule has 0 saturated carbocycles. The maximum absolute atomic E-state index is 12.7. The fraction of sp³-hybridized carbons (Fsp3) is 0.467. The molecule has 1 aromatic rings. The molecule has 0 saturated heterocycles. The smallest absolute Gasteiger partial charge is 0.245 e. The molecule has 6 heteroatoms. The van der Waals surface area contributed by atoms with Crippen molar-refractivity contribution in [3.05, 3.63) is 43.3 Å². The summed E-state index contributed by atoms with van der Waals surface area (Å²) in [4.78, 5) is 0.324. The van der Waals surface area contributed by atoms with Gasteiger partial charge in [0.2, 0.25) is 10.0 Å². The van der Waals surface area contributed by atoms with Crippen molar-refractivity contribution in [2.75, 3.05) is 20.1 Å². The standard InChI is InChI=1S/C15H25N3O2S/c1-5-8-17-13-15(11-14(17)12-16-4)21(19,20)18(9-6-2)10-7-3/h6-7,11,13,16H,2-3,5,8-10,12H2,1,4H3. The second-order valence-electron chi connectivity index (χ2n) is 4.79. The van der Waals surface area contributed by atoms with E-state index in [1.54, 1.807) is 24.4 Å². The first kappa shape index (κ1) is 17.7. The van der Waals surface area contributed by atoms with Crippen molar-refractivity contribution in [1.29, 1.82) is 0 Å². The summed E-state index contributed by atoms with van der Waals surface area (Å²) in [5, 5.41) is 3.07. The molecular formula is C15H25N3O2S. The number of aryl methyl sites for hydroxylation is 1. The number of hydrogen-bond donors (Lipinski definition) is 1. The van der Waals surface area contributed by atoms with Crippen LogP contribution in [0, 0.1) is 0 Å². The first-order chi connectivity index (χ1) is 10.0. The molecule has 0 atom stereocenters. The highest BCUT2D eigenvalue weighted by molar-refractivity contribution is 7.89. The molecular weight excluding hydrogens is 286 g/mol. The number of nitrogens with zero attached hydrogens (tertiary/aromatic N) is 2. The summed E-state index contributed by atoms with van der Waals surface area (Å²) in [7, 11) is -1.68. The van der Waals surface area contributed by atoms with Crippen LogP contribution >= 0.6 is 0 Å². The van der Waals surface area contributed by atoms with Gasteiger partial charge in [0.1, 0.15) is 4.90 Å². The minimum atomic E-state index is -3.52. The summed E-state index contributed by atoms with van der Waals surface area (Å²) >= 11 is 0. The Labute approximate surface area is 128 Å². The summed E-state index contributed by atoms with van der Waals surface area (Å²) in [6.07, 6.45) is 5.83. The van der Waals surface area contributed by atoms with Gasteiger partial charge in [0.15, 0.2) is 0 Å². The molecule has 1 heterocycles. The topological polar surface area (TPSA) is 54.3 Å². The molecule has 1 rings (SSSR count). The summed E-state index contributed by atoms with van der Waals surface area (Å²) in [6, 6.07) is 1.74. The summed E-state index contributed by atoms with van der Waals surface area (Å²) in [6.45, 7) is 11.3. The van der Waals surface area contributed by atoms with Crippen molar-refractivity contribution in [1.82, 2.24) is 14.2 Å². The zero-order chi connectivity index (χ0) is 15.9. The van der Waals surface area contributed by atoms with E-state index in [1.807, 2.05) is 11.6 Å². The molecule has 0 aromatic carbocycles. The highest BCUT2D eigenvalue weighted by Crippen LogP contribution is 2.19. The van der Waals surface area contributed by atoms with E-state index in [0.717, 1.165) is 18.7 Å². The summed E-state index contributed by atoms with van der Waals surface area (Å²) in [5.41, 5.74) is 0.968. The largest absolute Gasteiger partial charge is 0.349 e. The molecule has 0 bridgehead atoms. The molecule has 21 heavy (non-hydrogen) atoms. The van der Waals surface area contributed by atoms with Crippen molar-refractivity contribution in [3.8, 4) is 0 Å². The number of rotatable bonds is 10. The lowest BCUT2D eigenvalue weighted by Gasteiger charge is -2.17. The number of hydrogen-bond acceptors (Lipinski definition) is 3. The molecule has 0 radical (unpaired) electrons. The van der Waals surface area contributed by atoms with Crippen molar-refractivity contribution in [2.45, 2.75) is 31.3 Å². The van der Waals surface area contributed by atoms with Crippen molar-refractivity contribution >= 4 is 10.0 Å². The van der Waals surface area contributed by atoms with Gasteiger partial charge in [-0.15, -0.1) is 13.2 Å². The average Bonchev–Trinajstić information content (AvgIpc) is 2.83. The molecule has 0 aliphatic heterocycles. The molecule has 0 aliphatic carbocycles. The van der Waals surface area contributed by atoms with Crippen LogP contribution in [-0.4, -0.2) is 37.4 Å². The third-order valence-electron chi connectivity index (χ3n) is 3.09. The molecule has 5 nitrogen and oxygen atoms in total. The van der Waals surface area contributed by atoms with Crippen molar-refractivity contribution in [3.63, 3.8) is 0 Å². The molecule has 0 spiro atoms. The van der Waals surface area contributed by atoms with Crippen LogP contribution in [0.1, 0.15) is 19.0 Å². The van der Waals surface area contributed by atoms with Gasteiger partial charge in [-0.05, 0) is 19.5 Å². The maximum Gasteiger partial charge on any atom is 0.245 e. The van der Waals surface area contributed by atoms with E-state index < -0.39 is 10.0 Å². The Morgan fingerprint density at radius 2 is 1.95 bits per heavy atom. The van der Waals surface area contributed by atoms with Crippen LogP contribution < -0.4 is 5.32 Å². The van der Waals surface area contributed by atoms with E-state index in [2.05, 4.69) is 25.4 Å². The highest BCUT2D eigenvalue weighted by atomic mass is 32.2. The van der Waals surface area contributed by atoms with E-state index in [-0.39, 0.29) is 13.1 Å².